The highest BCUT2D eigenvalue weighted by Gasteiger charge is 2.38. The first-order chi connectivity index (χ1) is 14.3. The predicted molar refractivity (Wildman–Crippen MR) is 108 cm³/mol. The van der Waals surface area contributed by atoms with Crippen LogP contribution in [-0.2, 0) is 0 Å². The van der Waals surface area contributed by atoms with E-state index in [4.69, 9.17) is 4.52 Å². The maximum atomic E-state index is 12.7. The molecule has 0 spiro atoms. The van der Waals surface area contributed by atoms with Gasteiger partial charge in [0.25, 0.3) is 17.7 Å². The van der Waals surface area contributed by atoms with E-state index in [0.29, 0.717) is 10.2 Å². The highest BCUT2D eigenvalue weighted by molar-refractivity contribution is 9.10. The maximum Gasteiger partial charge on any atom is 0.337 e. The number of nitrogens with zero attached hydrogens (tertiary/aromatic N) is 2. The number of anilines is 2. The Morgan fingerprint density at radius 3 is 2.47 bits per heavy atom. The number of aromatic carboxylic acids is 1. The number of carboxylic acid groups (broad SMARTS) is 1. The molecule has 0 saturated carbocycles. The van der Waals surface area contributed by atoms with Crippen molar-refractivity contribution < 1.29 is 28.8 Å². The number of nitrogens with one attached hydrogen (secondary N) is 1. The predicted octanol–water partition coefficient (Wildman–Crippen LogP) is 3.50. The molecule has 1 aliphatic heterocycles. The Morgan fingerprint density at radius 2 is 1.80 bits per heavy atom. The summed E-state index contributed by atoms with van der Waals surface area (Å²) in [6, 6.07) is 9.90. The number of halogens is 1. The van der Waals surface area contributed by atoms with Gasteiger partial charge in [-0.25, -0.2) is 9.69 Å². The largest absolute Gasteiger partial charge is 0.478 e. The van der Waals surface area contributed by atoms with Gasteiger partial charge in [0.1, 0.15) is 5.76 Å². The Labute approximate surface area is 177 Å². The second-order valence-electron chi connectivity index (χ2n) is 6.45. The number of hydrogen-bond acceptors (Lipinski definition) is 6. The third-order valence-electron chi connectivity index (χ3n) is 4.45. The van der Waals surface area contributed by atoms with Gasteiger partial charge in [0.2, 0.25) is 0 Å². The van der Waals surface area contributed by atoms with Crippen LogP contribution in [0.25, 0.3) is 0 Å². The van der Waals surface area contributed by atoms with Crippen molar-refractivity contribution in [2.24, 2.45) is 0 Å². The summed E-state index contributed by atoms with van der Waals surface area (Å²) in [5, 5.41) is 15.5. The lowest BCUT2D eigenvalue weighted by Gasteiger charge is -2.09. The van der Waals surface area contributed by atoms with Crippen LogP contribution in [0.1, 0.15) is 47.2 Å². The Kier molecular flexibility index (Phi) is 4.70. The number of imide groups is 1. The van der Waals surface area contributed by atoms with Crippen molar-refractivity contribution in [2.75, 3.05) is 10.2 Å². The molecule has 3 aromatic rings. The highest BCUT2D eigenvalue weighted by Crippen LogP contribution is 2.29. The van der Waals surface area contributed by atoms with Crippen LogP contribution >= 0.6 is 15.9 Å². The van der Waals surface area contributed by atoms with Gasteiger partial charge in [-0.15, -0.1) is 0 Å². The lowest BCUT2D eigenvalue weighted by Crippen LogP contribution is -2.29. The van der Waals surface area contributed by atoms with Crippen LogP contribution in [0.5, 0.6) is 0 Å². The number of carboxylic acids is 1. The molecular weight excluding hydrogens is 458 g/mol. The van der Waals surface area contributed by atoms with E-state index in [-0.39, 0.29) is 33.8 Å². The molecule has 9 nitrogen and oxygen atoms in total. The van der Waals surface area contributed by atoms with Gasteiger partial charge in [0.05, 0.1) is 22.4 Å². The lowest BCUT2D eigenvalue weighted by molar-refractivity contribution is 0.0697. The minimum Gasteiger partial charge on any atom is -0.478 e. The molecule has 2 N–H and O–H groups in total. The minimum atomic E-state index is -1.21. The average molecular weight is 470 g/mol. The number of hydrogen-bond donors (Lipinski definition) is 2. The lowest BCUT2D eigenvalue weighted by atomic mass is 10.0. The Hall–Kier alpha value is -3.79. The van der Waals surface area contributed by atoms with Crippen molar-refractivity contribution in [1.82, 2.24) is 5.16 Å². The number of amides is 3. The average Bonchev–Trinajstić information content (AvgIpc) is 3.23. The summed E-state index contributed by atoms with van der Waals surface area (Å²) in [5.41, 5.74) is 0.262. The second-order valence-corrected chi connectivity index (χ2v) is 7.37. The van der Waals surface area contributed by atoms with Gasteiger partial charge < -0.3 is 14.9 Å². The van der Waals surface area contributed by atoms with E-state index < -0.39 is 23.7 Å². The van der Waals surface area contributed by atoms with E-state index in [1.54, 1.807) is 13.0 Å². The van der Waals surface area contributed by atoms with E-state index in [1.807, 2.05) is 0 Å². The molecule has 0 bridgehead atoms. The minimum absolute atomic E-state index is 0.0440. The first-order valence-electron chi connectivity index (χ1n) is 8.56. The van der Waals surface area contributed by atoms with Crippen molar-refractivity contribution in [3.05, 3.63) is 75.0 Å². The number of carbonyl (C=O) groups is 4. The van der Waals surface area contributed by atoms with Crippen LogP contribution in [0, 0.1) is 6.92 Å². The zero-order valence-corrected chi connectivity index (χ0v) is 16.9. The summed E-state index contributed by atoms with van der Waals surface area (Å²) >= 11 is 3.19. The molecule has 2 aromatic carbocycles. The molecule has 1 aromatic heterocycles. The molecule has 10 heteroatoms. The van der Waals surface area contributed by atoms with Crippen LogP contribution in [0.15, 0.2) is 51.5 Å². The fourth-order valence-corrected chi connectivity index (χ4v) is 3.41. The van der Waals surface area contributed by atoms with Gasteiger partial charge >= 0.3 is 5.97 Å². The molecule has 150 valence electrons. The summed E-state index contributed by atoms with van der Waals surface area (Å²) in [6.07, 6.45) is 0. The molecule has 30 heavy (non-hydrogen) atoms. The maximum absolute atomic E-state index is 12.7. The van der Waals surface area contributed by atoms with Gasteiger partial charge in [-0.3, -0.25) is 14.4 Å². The number of aryl methyl sites for hydroxylation is 1. The molecule has 4 rings (SSSR count). The quantitative estimate of drug-likeness (QED) is 0.559. The smallest absolute Gasteiger partial charge is 0.337 e. The van der Waals surface area contributed by atoms with Crippen LogP contribution in [0.2, 0.25) is 0 Å². The fourth-order valence-electron chi connectivity index (χ4n) is 3.05. The monoisotopic (exact) mass is 469 g/mol. The summed E-state index contributed by atoms with van der Waals surface area (Å²) in [6.45, 7) is 1.63. The van der Waals surface area contributed by atoms with Crippen LogP contribution < -0.4 is 10.2 Å². The Morgan fingerprint density at radius 1 is 1.07 bits per heavy atom. The third-order valence-corrected chi connectivity index (χ3v) is 4.95. The Balaban J connectivity index is 1.64. The van der Waals surface area contributed by atoms with Crippen LogP contribution in [0.3, 0.4) is 0 Å². The third kappa shape index (κ3) is 3.26. The van der Waals surface area contributed by atoms with Crippen molar-refractivity contribution in [1.29, 1.82) is 0 Å². The molecule has 0 atom stereocenters. The van der Waals surface area contributed by atoms with Crippen molar-refractivity contribution in [3.8, 4) is 0 Å². The van der Waals surface area contributed by atoms with Gasteiger partial charge in [0.15, 0.2) is 5.82 Å². The first-order valence-corrected chi connectivity index (χ1v) is 9.36. The van der Waals surface area contributed by atoms with E-state index in [2.05, 4.69) is 26.4 Å². The van der Waals surface area contributed by atoms with Crippen LogP contribution in [-0.4, -0.2) is 34.0 Å². The fraction of sp³-hybridized carbons (Fsp3) is 0.0500. The molecule has 2 heterocycles. The SMILES string of the molecule is Cc1cc(N2C(=O)c3ccc(C(=O)Nc4ccc(Br)cc4C(=O)O)cc3C2=O)no1. The summed E-state index contributed by atoms with van der Waals surface area (Å²) in [4.78, 5) is 50.3. The Bertz CT molecular complexity index is 1250. The number of carbonyl (C=O) groups excluding carboxylic acids is 3. The zero-order valence-electron chi connectivity index (χ0n) is 15.3. The van der Waals surface area contributed by atoms with Crippen LogP contribution in [0.4, 0.5) is 11.5 Å². The highest BCUT2D eigenvalue weighted by atomic mass is 79.9. The second kappa shape index (κ2) is 7.23. The van der Waals surface area contributed by atoms with E-state index in [0.717, 1.165) is 4.90 Å². The van der Waals surface area contributed by atoms with Gasteiger partial charge in [-0.2, -0.15) is 0 Å². The molecule has 1 aliphatic rings. The molecule has 0 saturated heterocycles. The first kappa shape index (κ1) is 19.5. The summed E-state index contributed by atoms with van der Waals surface area (Å²) in [7, 11) is 0. The van der Waals surface area contributed by atoms with Crippen molar-refractivity contribution in [3.63, 3.8) is 0 Å². The number of fused-ring (bicyclic) bond motifs is 1. The molecule has 0 aliphatic carbocycles. The molecule has 0 radical (unpaired) electrons. The van der Waals surface area contributed by atoms with E-state index in [9.17, 15) is 24.3 Å². The summed E-state index contributed by atoms with van der Waals surface area (Å²) in [5.74, 6) is -2.54. The van der Waals surface area contributed by atoms with Gasteiger partial charge in [0, 0.05) is 16.1 Å². The zero-order chi connectivity index (χ0) is 21.6. The normalized spacial score (nSPS) is 12.8. The number of aromatic nitrogens is 1. The van der Waals surface area contributed by atoms with Gasteiger partial charge in [-0.05, 0) is 43.3 Å². The van der Waals surface area contributed by atoms with E-state index in [1.165, 1.54) is 36.4 Å². The standard InChI is InChI=1S/C20H12BrN3O6/c1-9-6-16(23-30-9)24-18(26)12-4-2-10(7-13(12)19(24)27)17(25)22-15-5-3-11(21)8-14(15)20(28)29/h2-8H,1H3,(H,22,25)(H,28,29). The number of benzene rings is 2. The molecule has 3 amide bonds. The topological polar surface area (TPSA) is 130 Å². The molecule has 0 unspecified atom stereocenters. The molecular formula is C20H12BrN3O6. The van der Waals surface area contributed by atoms with Gasteiger partial charge in [-0.1, -0.05) is 21.1 Å². The summed E-state index contributed by atoms with van der Waals surface area (Å²) < 4.78 is 5.47. The van der Waals surface area contributed by atoms with Crippen molar-refractivity contribution in [2.45, 2.75) is 6.92 Å². The molecule has 0 fully saturated rings. The van der Waals surface area contributed by atoms with E-state index >= 15 is 0 Å². The number of rotatable bonds is 4. The van der Waals surface area contributed by atoms with Crippen molar-refractivity contribution >= 4 is 51.1 Å².